The van der Waals surface area contributed by atoms with Gasteiger partial charge in [0.2, 0.25) is 0 Å². The minimum atomic E-state index is 0.984. The van der Waals surface area contributed by atoms with Crippen LogP contribution in [0.2, 0.25) is 0 Å². The Kier molecular flexibility index (Phi) is 4.47. The van der Waals surface area contributed by atoms with Crippen molar-refractivity contribution in [3.8, 4) is 0 Å². The van der Waals surface area contributed by atoms with Gasteiger partial charge >= 0.3 is 0 Å². The number of rotatable bonds is 5. The molecule has 0 aromatic carbocycles. The highest BCUT2D eigenvalue weighted by molar-refractivity contribution is 7.18. The molecule has 1 N–H and O–H groups in total. The van der Waals surface area contributed by atoms with Gasteiger partial charge in [-0.25, -0.2) is 9.97 Å². The molecule has 108 valence electrons. The third-order valence-electron chi connectivity index (χ3n) is 3.84. The van der Waals surface area contributed by atoms with Gasteiger partial charge in [-0.2, -0.15) is 0 Å². The summed E-state index contributed by atoms with van der Waals surface area (Å²) >= 11 is 1.73. The fraction of sp³-hybridized carbons (Fsp3) is 0.600. The SMILES string of the molecule is Cc1cc2c(NCCCN3CCCCC3)ncnc2s1. The Morgan fingerprint density at radius 3 is 2.95 bits per heavy atom. The first-order valence-electron chi connectivity index (χ1n) is 7.50. The van der Waals surface area contributed by atoms with Crippen molar-refractivity contribution in [3.05, 3.63) is 17.3 Å². The Morgan fingerprint density at radius 2 is 2.10 bits per heavy atom. The summed E-state index contributed by atoms with van der Waals surface area (Å²) in [4.78, 5) is 13.6. The Morgan fingerprint density at radius 1 is 1.25 bits per heavy atom. The van der Waals surface area contributed by atoms with E-state index < -0.39 is 0 Å². The van der Waals surface area contributed by atoms with Crippen LogP contribution in [0.1, 0.15) is 30.6 Å². The summed E-state index contributed by atoms with van der Waals surface area (Å²) in [5.74, 6) is 0.984. The van der Waals surface area contributed by atoms with Crippen molar-refractivity contribution < 1.29 is 0 Å². The van der Waals surface area contributed by atoms with E-state index in [4.69, 9.17) is 0 Å². The van der Waals surface area contributed by atoms with Crippen LogP contribution in [0.3, 0.4) is 0 Å². The summed E-state index contributed by atoms with van der Waals surface area (Å²) in [5, 5.41) is 4.63. The molecule has 0 unspecified atom stereocenters. The normalized spacial score (nSPS) is 16.6. The summed E-state index contributed by atoms with van der Waals surface area (Å²) < 4.78 is 0. The molecule has 1 saturated heterocycles. The fourth-order valence-corrected chi connectivity index (χ4v) is 3.66. The van der Waals surface area contributed by atoms with Crippen LogP contribution in [0.25, 0.3) is 10.2 Å². The van der Waals surface area contributed by atoms with Crippen molar-refractivity contribution in [2.75, 3.05) is 31.5 Å². The lowest BCUT2D eigenvalue weighted by Gasteiger charge is -2.26. The molecule has 0 bridgehead atoms. The van der Waals surface area contributed by atoms with Crippen molar-refractivity contribution in [1.82, 2.24) is 14.9 Å². The van der Waals surface area contributed by atoms with E-state index in [0.29, 0.717) is 0 Å². The number of likely N-dealkylation sites (tertiary alicyclic amines) is 1. The van der Waals surface area contributed by atoms with E-state index in [1.54, 1.807) is 17.7 Å². The molecule has 1 aliphatic rings. The van der Waals surface area contributed by atoms with Crippen LogP contribution in [0.15, 0.2) is 12.4 Å². The monoisotopic (exact) mass is 290 g/mol. The van der Waals surface area contributed by atoms with Crippen molar-refractivity contribution >= 4 is 27.4 Å². The first kappa shape index (κ1) is 13.8. The van der Waals surface area contributed by atoms with Gasteiger partial charge in [0.25, 0.3) is 0 Å². The van der Waals surface area contributed by atoms with Gasteiger partial charge < -0.3 is 10.2 Å². The number of fused-ring (bicyclic) bond motifs is 1. The number of anilines is 1. The highest BCUT2D eigenvalue weighted by Gasteiger charge is 2.09. The molecule has 4 nitrogen and oxygen atoms in total. The lowest BCUT2D eigenvalue weighted by atomic mass is 10.1. The maximum atomic E-state index is 4.38. The molecule has 3 rings (SSSR count). The molecular weight excluding hydrogens is 268 g/mol. The summed E-state index contributed by atoms with van der Waals surface area (Å²) in [5.41, 5.74) is 0. The average molecular weight is 290 g/mol. The minimum absolute atomic E-state index is 0.984. The molecule has 3 heterocycles. The van der Waals surface area contributed by atoms with E-state index in [0.717, 1.165) is 22.6 Å². The van der Waals surface area contributed by atoms with Crippen LogP contribution in [-0.4, -0.2) is 41.0 Å². The van der Waals surface area contributed by atoms with Crippen LogP contribution in [0.5, 0.6) is 0 Å². The quantitative estimate of drug-likeness (QED) is 0.858. The number of thiophene rings is 1. The second-order valence-corrected chi connectivity index (χ2v) is 6.72. The fourth-order valence-electron chi connectivity index (χ4n) is 2.81. The number of hydrogen-bond acceptors (Lipinski definition) is 5. The molecule has 0 saturated carbocycles. The van der Waals surface area contributed by atoms with Gasteiger partial charge in [0.15, 0.2) is 0 Å². The molecule has 0 amide bonds. The summed E-state index contributed by atoms with van der Waals surface area (Å²) in [6.45, 7) is 6.86. The standard InChI is InChI=1S/C15H22N4S/c1-12-10-13-14(17-11-18-15(13)20-12)16-6-5-9-19-7-3-2-4-8-19/h10-11H,2-9H2,1H3,(H,16,17,18). The number of aromatic nitrogens is 2. The molecule has 0 atom stereocenters. The molecule has 2 aromatic rings. The van der Waals surface area contributed by atoms with Crippen LogP contribution in [0.4, 0.5) is 5.82 Å². The molecule has 0 radical (unpaired) electrons. The Labute approximate surface area is 124 Å². The van der Waals surface area contributed by atoms with E-state index in [-0.39, 0.29) is 0 Å². The molecule has 20 heavy (non-hydrogen) atoms. The van der Waals surface area contributed by atoms with Gasteiger partial charge in [-0.05, 0) is 51.9 Å². The van der Waals surface area contributed by atoms with Crippen LogP contribution >= 0.6 is 11.3 Å². The first-order valence-corrected chi connectivity index (χ1v) is 8.32. The zero-order valence-corrected chi connectivity index (χ0v) is 12.9. The smallest absolute Gasteiger partial charge is 0.138 e. The second kappa shape index (κ2) is 6.50. The Balaban J connectivity index is 1.52. The highest BCUT2D eigenvalue weighted by atomic mass is 32.1. The Bertz CT molecular complexity index is 560. The molecule has 5 heteroatoms. The highest BCUT2D eigenvalue weighted by Crippen LogP contribution is 2.27. The topological polar surface area (TPSA) is 41.0 Å². The Hall–Kier alpha value is -1.20. The maximum Gasteiger partial charge on any atom is 0.138 e. The van der Waals surface area contributed by atoms with Crippen LogP contribution < -0.4 is 5.32 Å². The van der Waals surface area contributed by atoms with Crippen LogP contribution in [-0.2, 0) is 0 Å². The predicted octanol–water partition coefficient (Wildman–Crippen LogP) is 3.29. The molecular formula is C15H22N4S. The number of aryl methyl sites for hydroxylation is 1. The number of hydrogen-bond donors (Lipinski definition) is 1. The van der Waals surface area contributed by atoms with Gasteiger partial charge in [0, 0.05) is 11.4 Å². The second-order valence-electron chi connectivity index (χ2n) is 5.48. The lowest BCUT2D eigenvalue weighted by Crippen LogP contribution is -2.31. The third-order valence-corrected chi connectivity index (χ3v) is 4.80. The summed E-state index contributed by atoms with van der Waals surface area (Å²) in [6, 6.07) is 2.17. The largest absolute Gasteiger partial charge is 0.369 e. The zero-order chi connectivity index (χ0) is 13.8. The van der Waals surface area contributed by atoms with Gasteiger partial charge in [-0.15, -0.1) is 11.3 Å². The number of piperidine rings is 1. The molecule has 2 aromatic heterocycles. The minimum Gasteiger partial charge on any atom is -0.369 e. The molecule has 1 fully saturated rings. The molecule has 0 aliphatic carbocycles. The lowest BCUT2D eigenvalue weighted by molar-refractivity contribution is 0.228. The first-order chi connectivity index (χ1) is 9.83. The predicted molar refractivity (Wildman–Crippen MR) is 85.5 cm³/mol. The molecule has 0 spiro atoms. The molecule has 1 aliphatic heterocycles. The zero-order valence-electron chi connectivity index (χ0n) is 12.1. The summed E-state index contributed by atoms with van der Waals surface area (Å²) in [7, 11) is 0. The number of nitrogens with zero attached hydrogens (tertiary/aromatic N) is 3. The van der Waals surface area contributed by atoms with E-state index in [9.17, 15) is 0 Å². The summed E-state index contributed by atoms with van der Waals surface area (Å²) in [6.07, 6.45) is 6.98. The van der Waals surface area contributed by atoms with Gasteiger partial charge in [0.1, 0.15) is 17.0 Å². The van der Waals surface area contributed by atoms with E-state index >= 15 is 0 Å². The average Bonchev–Trinajstić information content (AvgIpc) is 2.86. The number of nitrogens with one attached hydrogen (secondary N) is 1. The van der Waals surface area contributed by atoms with E-state index in [1.807, 2.05) is 0 Å². The van der Waals surface area contributed by atoms with Gasteiger partial charge in [-0.3, -0.25) is 0 Å². The van der Waals surface area contributed by atoms with Gasteiger partial charge in [-0.1, -0.05) is 6.42 Å². The van der Waals surface area contributed by atoms with Crippen molar-refractivity contribution in [2.45, 2.75) is 32.6 Å². The van der Waals surface area contributed by atoms with Crippen molar-refractivity contribution in [2.24, 2.45) is 0 Å². The maximum absolute atomic E-state index is 4.38. The van der Waals surface area contributed by atoms with E-state index in [2.05, 4.69) is 33.2 Å². The van der Waals surface area contributed by atoms with E-state index in [1.165, 1.54) is 50.2 Å². The van der Waals surface area contributed by atoms with Crippen LogP contribution in [0, 0.1) is 6.92 Å². The van der Waals surface area contributed by atoms with Gasteiger partial charge in [0.05, 0.1) is 5.39 Å². The van der Waals surface area contributed by atoms with Crippen molar-refractivity contribution in [1.29, 1.82) is 0 Å². The van der Waals surface area contributed by atoms with Crippen molar-refractivity contribution in [3.63, 3.8) is 0 Å². The third kappa shape index (κ3) is 3.27.